The zero-order valence-corrected chi connectivity index (χ0v) is 16.7. The molecule has 0 saturated carbocycles. The maximum Gasteiger partial charge on any atom is 0.228 e. The molecule has 0 N–H and O–H groups in total. The summed E-state index contributed by atoms with van der Waals surface area (Å²) in [5.41, 5.74) is 1.12. The van der Waals surface area contributed by atoms with Gasteiger partial charge in [0, 0.05) is 55.2 Å². The molecule has 2 aliphatic rings. The van der Waals surface area contributed by atoms with Crippen molar-refractivity contribution in [3.05, 3.63) is 51.7 Å². The number of likely N-dealkylation sites (tertiary alicyclic amines) is 1. The number of hydrogen-bond acceptors (Lipinski definition) is 4. The summed E-state index contributed by atoms with van der Waals surface area (Å²) in [5, 5.41) is 2.72. The second-order valence-electron chi connectivity index (χ2n) is 7.06. The average Bonchev–Trinajstić information content (AvgIpc) is 3.30. The van der Waals surface area contributed by atoms with Gasteiger partial charge in [-0.2, -0.15) is 0 Å². The van der Waals surface area contributed by atoms with Crippen LogP contribution in [0.2, 0.25) is 5.02 Å². The van der Waals surface area contributed by atoms with Crippen LogP contribution in [0.25, 0.3) is 0 Å². The minimum atomic E-state index is -0.289. The van der Waals surface area contributed by atoms with E-state index in [-0.39, 0.29) is 23.8 Å². The molecule has 0 bridgehead atoms. The van der Waals surface area contributed by atoms with E-state index in [1.54, 1.807) is 23.3 Å². The Bertz CT molecular complexity index is 816. The van der Waals surface area contributed by atoms with Gasteiger partial charge in [-0.25, -0.2) is 0 Å². The summed E-state index contributed by atoms with van der Waals surface area (Å²) >= 11 is 7.57. The quantitative estimate of drug-likeness (QED) is 0.790. The summed E-state index contributed by atoms with van der Waals surface area (Å²) < 4.78 is 0. The smallest absolute Gasteiger partial charge is 0.228 e. The fourth-order valence-electron chi connectivity index (χ4n) is 4.01. The van der Waals surface area contributed by atoms with Gasteiger partial charge in [-0.05, 0) is 35.7 Å². The van der Waals surface area contributed by atoms with Crippen LogP contribution in [0.15, 0.2) is 41.8 Å². The van der Waals surface area contributed by atoms with Crippen molar-refractivity contribution in [3.8, 4) is 0 Å². The van der Waals surface area contributed by atoms with E-state index in [0.29, 0.717) is 19.5 Å². The van der Waals surface area contributed by atoms with E-state index in [9.17, 15) is 9.59 Å². The van der Waals surface area contributed by atoms with Crippen molar-refractivity contribution in [2.24, 2.45) is 5.92 Å². The van der Waals surface area contributed by atoms with Gasteiger partial charge in [0.05, 0.1) is 12.0 Å². The van der Waals surface area contributed by atoms with Gasteiger partial charge >= 0.3 is 0 Å². The first kappa shape index (κ1) is 18.3. The Balaban J connectivity index is 1.44. The minimum absolute atomic E-state index is 0.0477. The Hall–Kier alpha value is -2.05. The van der Waals surface area contributed by atoms with Crippen molar-refractivity contribution in [2.75, 3.05) is 38.1 Å². The number of carbonyl (C=O) groups excluding carboxylic acids is 2. The van der Waals surface area contributed by atoms with Crippen molar-refractivity contribution in [1.29, 1.82) is 0 Å². The number of halogens is 1. The molecule has 2 atom stereocenters. The molecule has 0 spiro atoms. The molecule has 27 heavy (non-hydrogen) atoms. The standard InChI is InChI=1S/C20H22ClN3O2S/c1-22-18(25)13-16(19(22)17-3-2-12-27-17)20(26)24-10-8-23(9-11-24)15-6-4-14(21)5-7-15/h2-7,12,16,19H,8-11,13H2,1H3. The Morgan fingerprint density at radius 1 is 1.11 bits per heavy atom. The molecule has 142 valence electrons. The molecule has 1 aromatic carbocycles. The Kier molecular flexibility index (Phi) is 5.10. The Morgan fingerprint density at radius 3 is 2.44 bits per heavy atom. The van der Waals surface area contributed by atoms with Crippen molar-refractivity contribution in [3.63, 3.8) is 0 Å². The van der Waals surface area contributed by atoms with Crippen LogP contribution in [-0.2, 0) is 9.59 Å². The summed E-state index contributed by atoms with van der Waals surface area (Å²) in [6.45, 7) is 2.92. The van der Waals surface area contributed by atoms with Crippen molar-refractivity contribution in [2.45, 2.75) is 12.5 Å². The summed E-state index contributed by atoms with van der Waals surface area (Å²) in [6, 6.07) is 11.7. The number of anilines is 1. The van der Waals surface area contributed by atoms with Gasteiger partial charge < -0.3 is 14.7 Å². The van der Waals surface area contributed by atoms with Gasteiger partial charge in [0.1, 0.15) is 0 Å². The van der Waals surface area contributed by atoms with Gasteiger partial charge in [0.15, 0.2) is 0 Å². The van der Waals surface area contributed by atoms with Crippen LogP contribution in [0.4, 0.5) is 5.69 Å². The first-order chi connectivity index (χ1) is 13.0. The third-order valence-corrected chi connectivity index (χ3v) is 6.72. The molecule has 2 saturated heterocycles. The molecule has 4 rings (SSSR count). The second kappa shape index (κ2) is 7.52. The third kappa shape index (κ3) is 3.56. The number of thiophene rings is 1. The van der Waals surface area contributed by atoms with Gasteiger partial charge in [0.25, 0.3) is 0 Å². The van der Waals surface area contributed by atoms with E-state index in [0.717, 1.165) is 28.7 Å². The number of amides is 2. The number of rotatable bonds is 3. The van der Waals surface area contributed by atoms with Crippen molar-refractivity contribution >= 4 is 40.4 Å². The minimum Gasteiger partial charge on any atom is -0.368 e. The zero-order chi connectivity index (χ0) is 19.0. The average molecular weight is 404 g/mol. The summed E-state index contributed by atoms with van der Waals surface area (Å²) in [6.07, 6.45) is 0.301. The lowest BCUT2D eigenvalue weighted by Crippen LogP contribution is -2.51. The number of hydrogen-bond donors (Lipinski definition) is 0. The predicted molar refractivity (Wildman–Crippen MR) is 108 cm³/mol. The largest absolute Gasteiger partial charge is 0.368 e. The monoisotopic (exact) mass is 403 g/mol. The van der Waals surface area contributed by atoms with Crippen molar-refractivity contribution in [1.82, 2.24) is 9.80 Å². The molecule has 2 amide bonds. The lowest BCUT2D eigenvalue weighted by molar-refractivity contribution is -0.136. The van der Waals surface area contributed by atoms with E-state index < -0.39 is 0 Å². The molecule has 3 heterocycles. The normalized spacial score (nSPS) is 23.2. The van der Waals surface area contributed by atoms with Gasteiger partial charge in [-0.3, -0.25) is 9.59 Å². The number of nitrogens with zero attached hydrogens (tertiary/aromatic N) is 3. The molecule has 2 aromatic rings. The van der Waals surface area contributed by atoms with Crippen LogP contribution in [-0.4, -0.2) is 54.8 Å². The highest BCUT2D eigenvalue weighted by Crippen LogP contribution is 2.40. The first-order valence-corrected chi connectivity index (χ1v) is 10.4. The highest BCUT2D eigenvalue weighted by molar-refractivity contribution is 7.10. The fraction of sp³-hybridized carbons (Fsp3) is 0.400. The van der Waals surface area contributed by atoms with Crippen molar-refractivity contribution < 1.29 is 9.59 Å². The first-order valence-electron chi connectivity index (χ1n) is 9.13. The Morgan fingerprint density at radius 2 is 1.81 bits per heavy atom. The fourth-order valence-corrected chi connectivity index (χ4v) is 5.07. The van der Waals surface area contributed by atoms with Crippen LogP contribution in [0.3, 0.4) is 0 Å². The molecule has 2 unspecified atom stereocenters. The summed E-state index contributed by atoms with van der Waals surface area (Å²) in [7, 11) is 1.80. The molecular weight excluding hydrogens is 382 g/mol. The second-order valence-corrected chi connectivity index (χ2v) is 8.48. The lowest BCUT2D eigenvalue weighted by Gasteiger charge is -2.38. The van der Waals surface area contributed by atoms with E-state index >= 15 is 0 Å². The maximum absolute atomic E-state index is 13.2. The van der Waals surface area contributed by atoms with Gasteiger partial charge in [-0.15, -0.1) is 11.3 Å². The molecule has 2 aliphatic heterocycles. The lowest BCUT2D eigenvalue weighted by atomic mass is 9.96. The molecule has 0 aliphatic carbocycles. The van der Waals surface area contributed by atoms with Crippen LogP contribution in [0.1, 0.15) is 17.3 Å². The topological polar surface area (TPSA) is 43.9 Å². The molecule has 1 aromatic heterocycles. The molecule has 2 fully saturated rings. The van der Waals surface area contributed by atoms with E-state index in [1.807, 2.05) is 46.7 Å². The van der Waals surface area contributed by atoms with Gasteiger partial charge in [-0.1, -0.05) is 17.7 Å². The van der Waals surface area contributed by atoms with Crippen LogP contribution in [0, 0.1) is 5.92 Å². The maximum atomic E-state index is 13.2. The van der Waals surface area contributed by atoms with Crippen LogP contribution in [0.5, 0.6) is 0 Å². The van der Waals surface area contributed by atoms with Gasteiger partial charge in [0.2, 0.25) is 11.8 Å². The summed E-state index contributed by atoms with van der Waals surface area (Å²) in [5.74, 6) is -0.142. The third-order valence-electron chi connectivity index (χ3n) is 5.52. The van der Waals surface area contributed by atoms with Crippen LogP contribution >= 0.6 is 22.9 Å². The van der Waals surface area contributed by atoms with E-state index in [1.165, 1.54) is 0 Å². The predicted octanol–water partition coefficient (Wildman–Crippen LogP) is 3.27. The van der Waals surface area contributed by atoms with E-state index in [2.05, 4.69) is 4.90 Å². The number of carbonyl (C=O) groups is 2. The molecule has 7 heteroatoms. The summed E-state index contributed by atoms with van der Waals surface area (Å²) in [4.78, 5) is 32.5. The molecule has 5 nitrogen and oxygen atoms in total. The molecule has 0 radical (unpaired) electrons. The Labute approximate surface area is 168 Å². The number of piperazine rings is 1. The van der Waals surface area contributed by atoms with E-state index in [4.69, 9.17) is 11.6 Å². The highest BCUT2D eigenvalue weighted by Gasteiger charge is 2.45. The highest BCUT2D eigenvalue weighted by atomic mass is 35.5. The van der Waals surface area contributed by atoms with Crippen LogP contribution < -0.4 is 4.90 Å². The zero-order valence-electron chi connectivity index (χ0n) is 15.2. The molecular formula is C20H22ClN3O2S. The number of benzene rings is 1. The SMILES string of the molecule is CN1C(=O)CC(C(=O)N2CCN(c3ccc(Cl)cc3)CC2)C1c1cccs1.